The van der Waals surface area contributed by atoms with Gasteiger partial charge in [-0.2, -0.15) is 12.6 Å². The Bertz CT molecular complexity index is 217. The number of hydrogen-bond donors (Lipinski definition) is 1. The molecule has 0 radical (unpaired) electrons. The summed E-state index contributed by atoms with van der Waals surface area (Å²) in [5.74, 6) is 1.09. The molecular weight excluding hydrogens is 226 g/mol. The summed E-state index contributed by atoms with van der Waals surface area (Å²) < 4.78 is 0. The van der Waals surface area contributed by atoms with E-state index in [0.29, 0.717) is 5.41 Å². The molecule has 2 rings (SSSR count). The van der Waals surface area contributed by atoms with Crippen molar-refractivity contribution in [3.05, 3.63) is 0 Å². The molecule has 0 aromatic rings. The summed E-state index contributed by atoms with van der Waals surface area (Å²) in [4.78, 5) is 2.78. The predicted octanol–water partition coefficient (Wildman–Crippen LogP) is 4.13. The summed E-state index contributed by atoms with van der Waals surface area (Å²) >= 11 is 4.65. The maximum absolute atomic E-state index is 4.65. The fourth-order valence-corrected chi connectivity index (χ4v) is 4.28. The molecule has 0 aliphatic heterocycles. The van der Waals surface area contributed by atoms with Gasteiger partial charge in [-0.05, 0) is 43.4 Å². The van der Waals surface area contributed by atoms with Gasteiger partial charge in [0.15, 0.2) is 0 Å². The molecule has 0 heterocycles. The van der Waals surface area contributed by atoms with Crippen LogP contribution in [0.15, 0.2) is 0 Å². The fourth-order valence-electron chi connectivity index (χ4n) is 3.87. The minimum atomic E-state index is 0.552. The normalized spacial score (nSPS) is 25.6. The molecule has 2 saturated carbocycles. The van der Waals surface area contributed by atoms with E-state index < -0.39 is 0 Å². The second-order valence-corrected chi connectivity index (χ2v) is 6.54. The first-order valence-corrected chi connectivity index (χ1v) is 8.28. The van der Waals surface area contributed by atoms with Gasteiger partial charge in [-0.3, -0.25) is 0 Å². The Balaban J connectivity index is 1.93. The van der Waals surface area contributed by atoms with Crippen LogP contribution < -0.4 is 0 Å². The second kappa shape index (κ2) is 6.47. The Labute approximate surface area is 113 Å². The minimum absolute atomic E-state index is 0.552. The molecule has 2 heteroatoms. The summed E-state index contributed by atoms with van der Waals surface area (Å²) in [6.45, 7) is 4.90. The average molecular weight is 255 g/mol. The quantitative estimate of drug-likeness (QED) is 0.723. The molecule has 0 N–H and O–H groups in total. The highest BCUT2D eigenvalue weighted by atomic mass is 32.1. The van der Waals surface area contributed by atoms with Gasteiger partial charge < -0.3 is 4.90 Å². The average Bonchev–Trinajstić information content (AvgIpc) is 2.86. The van der Waals surface area contributed by atoms with E-state index in [2.05, 4.69) is 24.5 Å². The lowest BCUT2D eigenvalue weighted by molar-refractivity contribution is 0.106. The van der Waals surface area contributed by atoms with Gasteiger partial charge in [0.05, 0.1) is 0 Å². The summed E-state index contributed by atoms with van der Waals surface area (Å²) in [7, 11) is 0. The van der Waals surface area contributed by atoms with Crippen LogP contribution >= 0.6 is 12.6 Å². The van der Waals surface area contributed by atoms with Crippen molar-refractivity contribution in [2.75, 3.05) is 18.8 Å². The SMILES string of the molecule is CCN(CC1(CS)CCCC1)C1CCCCC1. The van der Waals surface area contributed by atoms with Crippen LogP contribution in [0.5, 0.6) is 0 Å². The van der Waals surface area contributed by atoms with E-state index in [9.17, 15) is 0 Å². The van der Waals surface area contributed by atoms with Gasteiger partial charge in [-0.25, -0.2) is 0 Å². The zero-order valence-electron chi connectivity index (χ0n) is 11.5. The first kappa shape index (κ1) is 13.7. The lowest BCUT2D eigenvalue weighted by Crippen LogP contribution is -2.44. The first-order chi connectivity index (χ1) is 8.29. The molecule has 0 unspecified atom stereocenters. The lowest BCUT2D eigenvalue weighted by atomic mass is 9.86. The van der Waals surface area contributed by atoms with Gasteiger partial charge in [0.25, 0.3) is 0 Å². The number of thiol groups is 1. The number of hydrogen-bond acceptors (Lipinski definition) is 2. The van der Waals surface area contributed by atoms with E-state index in [1.54, 1.807) is 0 Å². The third-order valence-electron chi connectivity index (χ3n) is 5.04. The molecule has 2 fully saturated rings. The minimum Gasteiger partial charge on any atom is -0.300 e. The Hall–Kier alpha value is 0.310. The van der Waals surface area contributed by atoms with E-state index in [0.717, 1.165) is 11.8 Å². The first-order valence-electron chi connectivity index (χ1n) is 7.64. The van der Waals surface area contributed by atoms with Crippen molar-refractivity contribution in [1.82, 2.24) is 4.90 Å². The zero-order chi connectivity index (χ0) is 12.1. The van der Waals surface area contributed by atoms with Crippen molar-refractivity contribution < 1.29 is 0 Å². The highest BCUT2D eigenvalue weighted by Crippen LogP contribution is 2.40. The molecule has 0 atom stereocenters. The van der Waals surface area contributed by atoms with Crippen LogP contribution in [0.1, 0.15) is 64.7 Å². The van der Waals surface area contributed by atoms with Crippen LogP contribution in [0, 0.1) is 5.41 Å². The van der Waals surface area contributed by atoms with Gasteiger partial charge in [0, 0.05) is 12.6 Å². The van der Waals surface area contributed by atoms with E-state index in [4.69, 9.17) is 0 Å². The van der Waals surface area contributed by atoms with Crippen LogP contribution in [0.2, 0.25) is 0 Å². The maximum atomic E-state index is 4.65. The van der Waals surface area contributed by atoms with Gasteiger partial charge in [0.1, 0.15) is 0 Å². The number of nitrogens with zero attached hydrogens (tertiary/aromatic N) is 1. The standard InChI is InChI=1S/C15H29NS/c1-2-16(14-8-4-3-5-9-14)12-15(13-17)10-6-7-11-15/h14,17H,2-13H2,1H3. The van der Waals surface area contributed by atoms with Crippen molar-refractivity contribution in [3.63, 3.8) is 0 Å². The third-order valence-corrected chi connectivity index (χ3v) is 5.71. The predicted molar refractivity (Wildman–Crippen MR) is 78.9 cm³/mol. The van der Waals surface area contributed by atoms with Crippen LogP contribution in [0.3, 0.4) is 0 Å². The van der Waals surface area contributed by atoms with Gasteiger partial charge >= 0.3 is 0 Å². The third kappa shape index (κ3) is 3.41. The molecule has 2 aliphatic rings. The van der Waals surface area contributed by atoms with Crippen molar-refractivity contribution >= 4 is 12.6 Å². The Morgan fingerprint density at radius 1 is 1.06 bits per heavy atom. The largest absolute Gasteiger partial charge is 0.300 e. The van der Waals surface area contributed by atoms with Crippen LogP contribution in [0.25, 0.3) is 0 Å². The monoisotopic (exact) mass is 255 g/mol. The summed E-state index contributed by atoms with van der Waals surface area (Å²) in [6, 6.07) is 0.881. The fraction of sp³-hybridized carbons (Fsp3) is 1.00. The van der Waals surface area contributed by atoms with Crippen molar-refractivity contribution in [1.29, 1.82) is 0 Å². The van der Waals surface area contributed by atoms with Gasteiger partial charge in [-0.1, -0.05) is 39.0 Å². The molecule has 17 heavy (non-hydrogen) atoms. The topological polar surface area (TPSA) is 3.24 Å². The Kier molecular flexibility index (Phi) is 5.23. The highest BCUT2D eigenvalue weighted by Gasteiger charge is 2.35. The van der Waals surface area contributed by atoms with Crippen molar-refractivity contribution in [2.45, 2.75) is 70.8 Å². The smallest absolute Gasteiger partial charge is 0.00953 e. The van der Waals surface area contributed by atoms with E-state index in [-0.39, 0.29) is 0 Å². The van der Waals surface area contributed by atoms with Gasteiger partial charge in [-0.15, -0.1) is 0 Å². The van der Waals surface area contributed by atoms with Crippen LogP contribution in [0.4, 0.5) is 0 Å². The van der Waals surface area contributed by atoms with E-state index >= 15 is 0 Å². The maximum Gasteiger partial charge on any atom is 0.00953 e. The van der Waals surface area contributed by atoms with Gasteiger partial charge in [0.2, 0.25) is 0 Å². The summed E-state index contributed by atoms with van der Waals surface area (Å²) in [5.41, 5.74) is 0.552. The molecule has 0 saturated heterocycles. The molecule has 100 valence electrons. The lowest BCUT2D eigenvalue weighted by Gasteiger charge is -2.40. The Morgan fingerprint density at radius 3 is 2.24 bits per heavy atom. The summed E-state index contributed by atoms with van der Waals surface area (Å²) in [6.07, 6.45) is 13.0. The van der Waals surface area contributed by atoms with E-state index in [1.807, 2.05) is 0 Å². The molecule has 0 bridgehead atoms. The van der Waals surface area contributed by atoms with Crippen LogP contribution in [-0.2, 0) is 0 Å². The summed E-state index contributed by atoms with van der Waals surface area (Å²) in [5, 5.41) is 0. The Morgan fingerprint density at radius 2 is 1.71 bits per heavy atom. The molecule has 0 spiro atoms. The molecule has 1 nitrogen and oxygen atoms in total. The van der Waals surface area contributed by atoms with Crippen molar-refractivity contribution in [3.8, 4) is 0 Å². The van der Waals surface area contributed by atoms with Crippen LogP contribution in [-0.4, -0.2) is 29.8 Å². The highest BCUT2D eigenvalue weighted by molar-refractivity contribution is 7.80. The van der Waals surface area contributed by atoms with E-state index in [1.165, 1.54) is 70.9 Å². The second-order valence-electron chi connectivity index (χ2n) is 6.22. The molecule has 2 aliphatic carbocycles. The number of rotatable bonds is 5. The molecule has 0 amide bonds. The molecular formula is C15H29NS. The zero-order valence-corrected chi connectivity index (χ0v) is 12.4. The molecule has 0 aromatic heterocycles. The van der Waals surface area contributed by atoms with Crippen molar-refractivity contribution in [2.24, 2.45) is 5.41 Å². The molecule has 0 aromatic carbocycles.